The van der Waals surface area contributed by atoms with E-state index in [4.69, 9.17) is 4.74 Å². The summed E-state index contributed by atoms with van der Waals surface area (Å²) in [7, 11) is 0. The van der Waals surface area contributed by atoms with Crippen molar-refractivity contribution in [3.8, 4) is 17.1 Å². The summed E-state index contributed by atoms with van der Waals surface area (Å²) in [6, 6.07) is 13.3. The molecular formula is C25H28FN5O3S. The molecule has 184 valence electrons. The molecule has 0 spiro atoms. The van der Waals surface area contributed by atoms with Gasteiger partial charge in [-0.2, -0.15) is 0 Å². The van der Waals surface area contributed by atoms with Crippen LogP contribution >= 0.6 is 11.8 Å². The predicted octanol–water partition coefficient (Wildman–Crippen LogP) is 3.41. The largest absolute Gasteiger partial charge is 0.508 e. The van der Waals surface area contributed by atoms with E-state index >= 15 is 0 Å². The number of carbonyl (C=O) groups excluding carboxylic acids is 1. The van der Waals surface area contributed by atoms with Crippen molar-refractivity contribution in [2.45, 2.75) is 30.6 Å². The van der Waals surface area contributed by atoms with E-state index in [1.807, 2.05) is 21.6 Å². The van der Waals surface area contributed by atoms with Gasteiger partial charge < -0.3 is 19.6 Å². The van der Waals surface area contributed by atoms with E-state index < -0.39 is 0 Å². The fraction of sp³-hybridized carbons (Fsp3) is 0.400. The zero-order valence-corrected chi connectivity index (χ0v) is 20.2. The van der Waals surface area contributed by atoms with Crippen LogP contribution in [0, 0.1) is 5.82 Å². The molecule has 0 aliphatic carbocycles. The van der Waals surface area contributed by atoms with Crippen LogP contribution in [0.25, 0.3) is 11.4 Å². The lowest BCUT2D eigenvalue weighted by molar-refractivity contribution is -0.128. The van der Waals surface area contributed by atoms with Crippen molar-refractivity contribution in [2.24, 2.45) is 0 Å². The van der Waals surface area contributed by atoms with E-state index in [1.54, 1.807) is 24.3 Å². The highest BCUT2D eigenvalue weighted by Crippen LogP contribution is 2.27. The first-order chi connectivity index (χ1) is 17.1. The van der Waals surface area contributed by atoms with E-state index in [2.05, 4.69) is 15.1 Å². The van der Waals surface area contributed by atoms with Crippen LogP contribution in [0.15, 0.2) is 53.7 Å². The van der Waals surface area contributed by atoms with Crippen molar-refractivity contribution in [1.29, 1.82) is 0 Å². The number of amides is 1. The van der Waals surface area contributed by atoms with Crippen LogP contribution in [0.1, 0.15) is 12.8 Å². The van der Waals surface area contributed by atoms with Crippen LogP contribution < -0.4 is 4.90 Å². The van der Waals surface area contributed by atoms with Crippen LogP contribution in [-0.4, -0.2) is 75.3 Å². The number of halogens is 1. The van der Waals surface area contributed by atoms with Crippen molar-refractivity contribution >= 4 is 23.4 Å². The maximum atomic E-state index is 13.4. The van der Waals surface area contributed by atoms with Gasteiger partial charge in [0.15, 0.2) is 11.0 Å². The number of anilines is 1. The first kappa shape index (κ1) is 23.6. The Morgan fingerprint density at radius 1 is 1.06 bits per heavy atom. The number of aromatic hydroxyl groups is 1. The van der Waals surface area contributed by atoms with Crippen molar-refractivity contribution in [3.05, 3.63) is 54.3 Å². The fourth-order valence-corrected chi connectivity index (χ4v) is 5.31. The topological polar surface area (TPSA) is 83.7 Å². The van der Waals surface area contributed by atoms with E-state index in [1.165, 1.54) is 23.9 Å². The number of nitrogens with zero attached hydrogens (tertiary/aromatic N) is 5. The van der Waals surface area contributed by atoms with Crippen LogP contribution in [0.5, 0.6) is 5.75 Å². The Labute approximate surface area is 207 Å². The number of rotatable bonds is 7. The molecule has 2 aliphatic rings. The molecule has 0 saturated carbocycles. The number of hydrogen-bond donors (Lipinski definition) is 1. The number of hydrogen-bond acceptors (Lipinski definition) is 7. The third-order valence-corrected chi connectivity index (χ3v) is 7.35. The summed E-state index contributed by atoms with van der Waals surface area (Å²) in [5, 5.41) is 18.9. The number of aromatic nitrogens is 3. The molecule has 3 aromatic rings. The van der Waals surface area contributed by atoms with E-state index in [0.29, 0.717) is 30.6 Å². The van der Waals surface area contributed by atoms with Gasteiger partial charge >= 0.3 is 0 Å². The molecule has 2 aromatic carbocycles. The highest BCUT2D eigenvalue weighted by atomic mass is 32.2. The maximum absolute atomic E-state index is 13.4. The molecule has 3 heterocycles. The normalized spacial score (nSPS) is 18.3. The van der Waals surface area contributed by atoms with Gasteiger partial charge in [0.2, 0.25) is 5.91 Å². The van der Waals surface area contributed by atoms with Crippen LogP contribution in [0.2, 0.25) is 0 Å². The molecule has 2 fully saturated rings. The van der Waals surface area contributed by atoms with Crippen molar-refractivity contribution in [3.63, 3.8) is 0 Å². The van der Waals surface area contributed by atoms with Gasteiger partial charge in [0, 0.05) is 44.0 Å². The number of carbonyl (C=O) groups is 1. The molecule has 0 bridgehead atoms. The Kier molecular flexibility index (Phi) is 7.19. The Morgan fingerprint density at radius 3 is 2.49 bits per heavy atom. The van der Waals surface area contributed by atoms with Crippen molar-refractivity contribution in [2.75, 3.05) is 43.4 Å². The van der Waals surface area contributed by atoms with Gasteiger partial charge in [-0.25, -0.2) is 4.39 Å². The maximum Gasteiger partial charge on any atom is 0.233 e. The number of thioether (sulfide) groups is 1. The zero-order chi connectivity index (χ0) is 24.2. The molecule has 1 atom stereocenters. The Hall–Kier alpha value is -3.11. The number of phenols is 1. The minimum absolute atomic E-state index is 0.0651. The third-order valence-electron chi connectivity index (χ3n) is 6.40. The quantitative estimate of drug-likeness (QED) is 0.501. The average molecular weight is 498 g/mol. The molecule has 2 saturated heterocycles. The van der Waals surface area contributed by atoms with Crippen molar-refractivity contribution < 1.29 is 19.0 Å². The number of phenolic OH excluding ortho intramolecular Hbond substituents is 1. The molecule has 2 aliphatic heterocycles. The Morgan fingerprint density at radius 2 is 1.80 bits per heavy atom. The summed E-state index contributed by atoms with van der Waals surface area (Å²) in [6.07, 6.45) is 2.07. The van der Waals surface area contributed by atoms with Gasteiger partial charge in [-0.05, 0) is 61.4 Å². The van der Waals surface area contributed by atoms with Gasteiger partial charge in [-0.1, -0.05) is 11.8 Å². The number of benzene rings is 2. The zero-order valence-electron chi connectivity index (χ0n) is 19.3. The smallest absolute Gasteiger partial charge is 0.233 e. The molecule has 1 aromatic heterocycles. The molecule has 10 heteroatoms. The summed E-state index contributed by atoms with van der Waals surface area (Å²) in [5.41, 5.74) is 1.82. The first-order valence-electron chi connectivity index (χ1n) is 11.8. The van der Waals surface area contributed by atoms with Crippen molar-refractivity contribution in [1.82, 2.24) is 19.7 Å². The highest BCUT2D eigenvalue weighted by Gasteiger charge is 2.25. The second-order valence-corrected chi connectivity index (χ2v) is 9.67. The van der Waals surface area contributed by atoms with Gasteiger partial charge in [-0.15, -0.1) is 10.2 Å². The van der Waals surface area contributed by atoms with Gasteiger partial charge in [0.25, 0.3) is 0 Å². The minimum atomic E-state index is -0.301. The summed E-state index contributed by atoms with van der Waals surface area (Å²) in [5.74, 6) is 0.930. The summed E-state index contributed by atoms with van der Waals surface area (Å²) in [6.45, 7) is 4.11. The van der Waals surface area contributed by atoms with E-state index in [0.717, 1.165) is 43.8 Å². The molecule has 1 N–H and O–H groups in total. The molecule has 5 rings (SSSR count). The highest BCUT2D eigenvalue weighted by molar-refractivity contribution is 7.99. The average Bonchev–Trinajstić information content (AvgIpc) is 3.54. The van der Waals surface area contributed by atoms with E-state index in [9.17, 15) is 14.3 Å². The second-order valence-electron chi connectivity index (χ2n) is 8.73. The standard InChI is InChI=1S/C25H28FN5O3S/c26-19-5-3-18(4-6-19)24-27-28-25(31(24)16-22-2-1-15-34-22)35-17-23(33)30-13-11-29(12-14-30)20-7-9-21(32)10-8-20/h3-10,22,32H,1-2,11-17H2. The fourth-order valence-electron chi connectivity index (χ4n) is 4.46. The number of ether oxygens (including phenoxy) is 1. The SMILES string of the molecule is O=C(CSc1nnc(-c2ccc(F)cc2)n1CC1CCCO1)N1CCN(c2ccc(O)cc2)CC1. The third kappa shape index (κ3) is 5.59. The van der Waals surface area contributed by atoms with Crippen LogP contribution in [0.4, 0.5) is 10.1 Å². The lowest BCUT2D eigenvalue weighted by atomic mass is 10.2. The molecule has 0 radical (unpaired) electrons. The summed E-state index contributed by atoms with van der Waals surface area (Å²) >= 11 is 1.38. The monoisotopic (exact) mass is 497 g/mol. The first-order valence-corrected chi connectivity index (χ1v) is 12.8. The van der Waals surface area contributed by atoms with Gasteiger partial charge in [0.05, 0.1) is 18.4 Å². The lowest BCUT2D eigenvalue weighted by Gasteiger charge is -2.36. The molecule has 1 amide bonds. The van der Waals surface area contributed by atoms with Crippen LogP contribution in [-0.2, 0) is 16.1 Å². The molecule has 35 heavy (non-hydrogen) atoms. The second kappa shape index (κ2) is 10.7. The number of piperazine rings is 1. The van der Waals surface area contributed by atoms with Gasteiger partial charge in [-0.3, -0.25) is 9.36 Å². The lowest BCUT2D eigenvalue weighted by Crippen LogP contribution is -2.49. The summed E-state index contributed by atoms with van der Waals surface area (Å²) < 4.78 is 21.3. The Balaban J connectivity index is 1.23. The molecule has 8 nitrogen and oxygen atoms in total. The molecule has 1 unspecified atom stereocenters. The predicted molar refractivity (Wildman–Crippen MR) is 132 cm³/mol. The summed E-state index contributed by atoms with van der Waals surface area (Å²) in [4.78, 5) is 17.1. The van der Waals surface area contributed by atoms with Gasteiger partial charge in [0.1, 0.15) is 11.6 Å². The molecular weight excluding hydrogens is 469 g/mol. The Bertz CT molecular complexity index is 1140. The van der Waals surface area contributed by atoms with Crippen LogP contribution in [0.3, 0.4) is 0 Å². The van der Waals surface area contributed by atoms with E-state index in [-0.39, 0.29) is 29.3 Å². The minimum Gasteiger partial charge on any atom is -0.508 e.